The van der Waals surface area contributed by atoms with E-state index in [0.717, 1.165) is 11.3 Å². The van der Waals surface area contributed by atoms with Crippen LogP contribution >= 0.6 is 12.2 Å². The summed E-state index contributed by atoms with van der Waals surface area (Å²) in [4.78, 5) is 16.4. The zero-order chi connectivity index (χ0) is 14.4. The summed E-state index contributed by atoms with van der Waals surface area (Å²) in [6.45, 7) is 0.549. The first-order valence-electron chi connectivity index (χ1n) is 6.25. The molecule has 0 spiro atoms. The van der Waals surface area contributed by atoms with Crippen LogP contribution in [0.3, 0.4) is 0 Å². The van der Waals surface area contributed by atoms with Crippen molar-refractivity contribution in [2.45, 2.75) is 6.42 Å². The maximum Gasteiger partial charge on any atom is 0.251 e. The Morgan fingerprint density at radius 2 is 1.85 bits per heavy atom. The van der Waals surface area contributed by atoms with Crippen molar-refractivity contribution < 1.29 is 4.79 Å². The quantitative estimate of drug-likeness (QED) is 0.820. The highest BCUT2D eigenvalue weighted by molar-refractivity contribution is 7.80. The molecule has 0 aliphatic heterocycles. The van der Waals surface area contributed by atoms with E-state index in [2.05, 4.69) is 10.3 Å². The summed E-state index contributed by atoms with van der Waals surface area (Å²) in [5.41, 5.74) is 7.81. The van der Waals surface area contributed by atoms with Crippen molar-refractivity contribution >= 4 is 23.1 Å². The van der Waals surface area contributed by atoms with Gasteiger partial charge in [-0.25, -0.2) is 0 Å². The molecule has 20 heavy (non-hydrogen) atoms. The van der Waals surface area contributed by atoms with Crippen molar-refractivity contribution in [1.29, 1.82) is 0 Å². The van der Waals surface area contributed by atoms with Gasteiger partial charge in [0.15, 0.2) is 0 Å². The Morgan fingerprint density at radius 1 is 1.15 bits per heavy atom. The van der Waals surface area contributed by atoms with Crippen molar-refractivity contribution in [1.82, 2.24) is 10.3 Å². The van der Waals surface area contributed by atoms with E-state index in [1.807, 2.05) is 18.2 Å². The predicted octanol–water partition coefficient (Wildman–Crippen LogP) is 1.69. The minimum absolute atomic E-state index is 0.115. The number of carbonyl (C=O) groups excluding carboxylic acids is 1. The molecule has 0 atom stereocenters. The van der Waals surface area contributed by atoms with E-state index in [1.165, 1.54) is 0 Å². The summed E-state index contributed by atoms with van der Waals surface area (Å²) in [7, 11) is 0. The van der Waals surface area contributed by atoms with Gasteiger partial charge in [0.05, 0.1) is 0 Å². The fraction of sp³-hybridized carbons (Fsp3) is 0.133. The number of carbonyl (C=O) groups is 1. The Kier molecular flexibility index (Phi) is 4.79. The second-order valence-corrected chi connectivity index (χ2v) is 4.71. The number of rotatable bonds is 5. The maximum absolute atomic E-state index is 11.9. The molecular formula is C15H15N3OS. The second kappa shape index (κ2) is 6.77. The van der Waals surface area contributed by atoms with E-state index < -0.39 is 0 Å². The summed E-state index contributed by atoms with van der Waals surface area (Å²) >= 11 is 4.87. The number of benzene rings is 1. The van der Waals surface area contributed by atoms with Crippen LogP contribution in [-0.2, 0) is 6.42 Å². The van der Waals surface area contributed by atoms with Gasteiger partial charge in [-0.1, -0.05) is 30.4 Å². The minimum Gasteiger partial charge on any atom is -0.389 e. The first-order chi connectivity index (χ1) is 9.66. The van der Waals surface area contributed by atoms with Gasteiger partial charge in [0.2, 0.25) is 0 Å². The van der Waals surface area contributed by atoms with Gasteiger partial charge in [-0.2, -0.15) is 0 Å². The second-order valence-electron chi connectivity index (χ2n) is 4.27. The van der Waals surface area contributed by atoms with Gasteiger partial charge in [-0.3, -0.25) is 9.78 Å². The molecule has 0 bridgehead atoms. The SMILES string of the molecule is NC(=S)c1ccc(C(=O)NCCc2ccccn2)cc1. The Hall–Kier alpha value is -2.27. The standard InChI is InChI=1S/C15H15N3OS/c16-14(20)11-4-6-12(7-5-11)15(19)18-10-8-13-3-1-2-9-17-13/h1-7,9H,8,10H2,(H2,16,20)(H,18,19). The van der Waals surface area contributed by atoms with Crippen LogP contribution in [0.25, 0.3) is 0 Å². The molecule has 1 heterocycles. The minimum atomic E-state index is -0.115. The molecule has 4 nitrogen and oxygen atoms in total. The van der Waals surface area contributed by atoms with Gasteiger partial charge in [-0.05, 0) is 24.3 Å². The first-order valence-corrected chi connectivity index (χ1v) is 6.65. The van der Waals surface area contributed by atoms with Crippen LogP contribution in [0, 0.1) is 0 Å². The summed E-state index contributed by atoms with van der Waals surface area (Å²) in [6, 6.07) is 12.6. The number of hydrogen-bond donors (Lipinski definition) is 2. The Bertz CT molecular complexity index is 596. The molecule has 0 radical (unpaired) electrons. The fourth-order valence-electron chi connectivity index (χ4n) is 1.74. The van der Waals surface area contributed by atoms with E-state index in [0.29, 0.717) is 23.5 Å². The lowest BCUT2D eigenvalue weighted by molar-refractivity contribution is 0.0954. The average molecular weight is 285 g/mol. The largest absolute Gasteiger partial charge is 0.389 e. The van der Waals surface area contributed by atoms with Crippen LogP contribution in [-0.4, -0.2) is 22.4 Å². The van der Waals surface area contributed by atoms with Crippen LogP contribution in [0.15, 0.2) is 48.7 Å². The monoisotopic (exact) mass is 285 g/mol. The third kappa shape index (κ3) is 3.86. The number of thiocarbonyl (C=S) groups is 1. The van der Waals surface area contributed by atoms with Crippen molar-refractivity contribution in [3.05, 3.63) is 65.5 Å². The van der Waals surface area contributed by atoms with E-state index in [9.17, 15) is 4.79 Å². The Labute approximate surface area is 123 Å². The number of nitrogens with one attached hydrogen (secondary N) is 1. The molecule has 0 unspecified atom stereocenters. The molecule has 3 N–H and O–H groups in total. The van der Waals surface area contributed by atoms with Crippen molar-refractivity contribution in [3.8, 4) is 0 Å². The highest BCUT2D eigenvalue weighted by Crippen LogP contribution is 2.04. The van der Waals surface area contributed by atoms with Crippen LogP contribution in [0.2, 0.25) is 0 Å². The van der Waals surface area contributed by atoms with E-state index in [1.54, 1.807) is 30.5 Å². The molecule has 102 valence electrons. The lowest BCUT2D eigenvalue weighted by Crippen LogP contribution is -2.26. The number of hydrogen-bond acceptors (Lipinski definition) is 3. The molecule has 0 aliphatic carbocycles. The number of nitrogens with two attached hydrogens (primary N) is 1. The Balaban J connectivity index is 1.87. The smallest absolute Gasteiger partial charge is 0.251 e. The van der Waals surface area contributed by atoms with Crippen molar-refractivity contribution in [2.75, 3.05) is 6.54 Å². The molecule has 1 aromatic heterocycles. The third-order valence-corrected chi connectivity index (χ3v) is 3.06. The normalized spacial score (nSPS) is 10.0. The number of aromatic nitrogens is 1. The first kappa shape index (κ1) is 14.1. The molecule has 0 saturated carbocycles. The van der Waals surface area contributed by atoms with Gasteiger partial charge in [0.1, 0.15) is 4.99 Å². The van der Waals surface area contributed by atoms with E-state index >= 15 is 0 Å². The van der Waals surface area contributed by atoms with Gasteiger partial charge in [0.25, 0.3) is 5.91 Å². The maximum atomic E-state index is 11.9. The van der Waals surface area contributed by atoms with E-state index in [4.69, 9.17) is 18.0 Å². The lowest BCUT2D eigenvalue weighted by Gasteiger charge is -2.05. The van der Waals surface area contributed by atoms with Crippen molar-refractivity contribution in [3.63, 3.8) is 0 Å². The van der Waals surface area contributed by atoms with E-state index in [-0.39, 0.29) is 5.91 Å². The zero-order valence-electron chi connectivity index (χ0n) is 10.9. The van der Waals surface area contributed by atoms with Gasteiger partial charge in [-0.15, -0.1) is 0 Å². The molecule has 5 heteroatoms. The van der Waals surface area contributed by atoms with Crippen LogP contribution in [0.4, 0.5) is 0 Å². The average Bonchev–Trinajstić information content (AvgIpc) is 2.48. The third-order valence-electron chi connectivity index (χ3n) is 2.82. The fourth-order valence-corrected chi connectivity index (χ4v) is 1.87. The van der Waals surface area contributed by atoms with Crippen molar-refractivity contribution in [2.24, 2.45) is 5.73 Å². The molecule has 0 fully saturated rings. The van der Waals surface area contributed by atoms with Crippen LogP contribution in [0.1, 0.15) is 21.6 Å². The summed E-state index contributed by atoms with van der Waals surface area (Å²) in [6.07, 6.45) is 2.45. The van der Waals surface area contributed by atoms with Gasteiger partial charge >= 0.3 is 0 Å². The molecule has 1 aromatic carbocycles. The summed E-state index contributed by atoms with van der Waals surface area (Å²) in [5.74, 6) is -0.115. The number of pyridine rings is 1. The predicted molar refractivity (Wildman–Crippen MR) is 82.6 cm³/mol. The van der Waals surface area contributed by atoms with Crippen LogP contribution in [0.5, 0.6) is 0 Å². The van der Waals surface area contributed by atoms with Gasteiger partial charge in [0, 0.05) is 36.0 Å². The molecule has 1 amide bonds. The molecule has 2 aromatic rings. The van der Waals surface area contributed by atoms with Crippen LogP contribution < -0.4 is 11.1 Å². The summed E-state index contributed by atoms with van der Waals surface area (Å²) in [5, 5.41) is 2.85. The number of nitrogens with zero attached hydrogens (tertiary/aromatic N) is 1. The zero-order valence-corrected chi connectivity index (χ0v) is 11.7. The molecule has 0 saturated heterocycles. The highest BCUT2D eigenvalue weighted by Gasteiger charge is 2.05. The number of amides is 1. The topological polar surface area (TPSA) is 68.0 Å². The van der Waals surface area contributed by atoms with Gasteiger partial charge < -0.3 is 11.1 Å². The summed E-state index contributed by atoms with van der Waals surface area (Å²) < 4.78 is 0. The highest BCUT2D eigenvalue weighted by atomic mass is 32.1. The molecule has 0 aliphatic rings. The lowest BCUT2D eigenvalue weighted by atomic mass is 10.1. The molecular weight excluding hydrogens is 270 g/mol. The molecule has 2 rings (SSSR count). The Morgan fingerprint density at radius 3 is 2.45 bits per heavy atom.